The zero-order valence-electron chi connectivity index (χ0n) is 14.5. The summed E-state index contributed by atoms with van der Waals surface area (Å²) in [5.74, 6) is -1.90. The number of hydrogen-bond donors (Lipinski definition) is 6. The molecule has 2 amide bonds. The summed E-state index contributed by atoms with van der Waals surface area (Å²) in [6, 6.07) is 6.50. The summed E-state index contributed by atoms with van der Waals surface area (Å²) in [5, 5.41) is 42.6. The fourth-order valence-electron chi connectivity index (χ4n) is 2.34. The molecule has 0 aromatic heterocycles. The topological polar surface area (TPSA) is 148 Å². The van der Waals surface area contributed by atoms with E-state index in [1.165, 1.54) is 43.5 Å². The van der Waals surface area contributed by atoms with Gasteiger partial charge in [0.25, 0.3) is 0 Å². The highest BCUT2D eigenvalue weighted by Crippen LogP contribution is 2.26. The minimum Gasteiger partial charge on any atom is -0.504 e. The van der Waals surface area contributed by atoms with Crippen LogP contribution in [-0.2, 0) is 22.5 Å². The number of methoxy groups -OCH3 is 1. The fourth-order valence-corrected chi connectivity index (χ4v) is 2.34. The van der Waals surface area contributed by atoms with Crippen LogP contribution in [0.5, 0.6) is 23.0 Å². The number of benzene rings is 2. The maximum absolute atomic E-state index is 12.1. The number of rotatable bonds is 6. The normalized spacial score (nSPS) is 11.4. The van der Waals surface area contributed by atoms with Crippen molar-refractivity contribution in [2.45, 2.75) is 19.0 Å². The Morgan fingerprint density at radius 1 is 0.926 bits per heavy atom. The molecule has 0 saturated carbocycles. The van der Waals surface area contributed by atoms with Gasteiger partial charge in [-0.05, 0) is 35.4 Å². The second-order valence-electron chi connectivity index (χ2n) is 5.75. The molecule has 144 valence electrons. The smallest absolute Gasteiger partial charge is 0.328 e. The number of phenolic OH excluding ortho intramolecular Hbond substituents is 4. The molecule has 9 heteroatoms. The lowest BCUT2D eigenvalue weighted by molar-refractivity contribution is -0.142. The third kappa shape index (κ3) is 5.43. The van der Waals surface area contributed by atoms with E-state index in [0.717, 1.165) is 0 Å². The van der Waals surface area contributed by atoms with Crippen LogP contribution >= 0.6 is 0 Å². The highest BCUT2D eigenvalue weighted by Gasteiger charge is 2.22. The zero-order chi connectivity index (χ0) is 20.0. The third-order valence-corrected chi connectivity index (χ3v) is 3.76. The monoisotopic (exact) mass is 376 g/mol. The summed E-state index contributed by atoms with van der Waals surface area (Å²) in [4.78, 5) is 24.0. The lowest BCUT2D eigenvalue weighted by atomic mass is 10.1. The van der Waals surface area contributed by atoms with E-state index in [-0.39, 0.29) is 36.0 Å². The molecule has 0 aliphatic rings. The minimum absolute atomic E-state index is 0.0356. The number of amides is 2. The summed E-state index contributed by atoms with van der Waals surface area (Å²) in [6.07, 6.45) is 0.0356. The molecule has 9 nitrogen and oxygen atoms in total. The molecule has 2 aromatic rings. The molecule has 0 unspecified atom stereocenters. The second-order valence-corrected chi connectivity index (χ2v) is 5.75. The van der Waals surface area contributed by atoms with Crippen molar-refractivity contribution in [3.05, 3.63) is 47.5 Å². The van der Waals surface area contributed by atoms with Crippen molar-refractivity contribution in [1.29, 1.82) is 0 Å². The molecule has 6 N–H and O–H groups in total. The van der Waals surface area contributed by atoms with E-state index in [9.17, 15) is 30.0 Å². The lowest BCUT2D eigenvalue weighted by Crippen LogP contribution is -2.47. The maximum Gasteiger partial charge on any atom is 0.328 e. The van der Waals surface area contributed by atoms with Gasteiger partial charge in [0.2, 0.25) is 0 Å². The highest BCUT2D eigenvalue weighted by atomic mass is 16.5. The summed E-state index contributed by atoms with van der Waals surface area (Å²) >= 11 is 0. The van der Waals surface area contributed by atoms with Gasteiger partial charge in [-0.25, -0.2) is 9.59 Å². The van der Waals surface area contributed by atoms with Crippen LogP contribution in [0.1, 0.15) is 11.1 Å². The summed E-state index contributed by atoms with van der Waals surface area (Å²) in [5.41, 5.74) is 1.04. The molecular formula is C18H20N2O7. The highest BCUT2D eigenvalue weighted by molar-refractivity contribution is 5.83. The summed E-state index contributed by atoms with van der Waals surface area (Å²) in [7, 11) is 1.18. The number of hydrogen-bond acceptors (Lipinski definition) is 7. The van der Waals surface area contributed by atoms with Gasteiger partial charge < -0.3 is 35.8 Å². The Kier molecular flexibility index (Phi) is 6.32. The first-order valence-corrected chi connectivity index (χ1v) is 7.94. The molecule has 0 radical (unpaired) electrons. The molecule has 27 heavy (non-hydrogen) atoms. The van der Waals surface area contributed by atoms with Crippen LogP contribution in [0.4, 0.5) is 4.79 Å². The van der Waals surface area contributed by atoms with E-state index in [0.29, 0.717) is 11.1 Å². The predicted molar refractivity (Wildman–Crippen MR) is 94.4 cm³/mol. The van der Waals surface area contributed by atoms with Crippen molar-refractivity contribution in [3.8, 4) is 23.0 Å². The fraction of sp³-hybridized carbons (Fsp3) is 0.222. The van der Waals surface area contributed by atoms with E-state index in [1.807, 2.05) is 0 Å². The molecule has 2 rings (SSSR count). The second kappa shape index (κ2) is 8.65. The van der Waals surface area contributed by atoms with Crippen molar-refractivity contribution < 1.29 is 34.8 Å². The van der Waals surface area contributed by atoms with Crippen LogP contribution < -0.4 is 10.6 Å². The molecule has 0 bridgehead atoms. The van der Waals surface area contributed by atoms with Crippen molar-refractivity contribution in [2.24, 2.45) is 0 Å². The standard InChI is InChI=1S/C18H20N2O7/c1-27-17(25)12(6-10-2-4-13(21)15(23)7-10)20-18(26)19-9-11-3-5-14(22)16(24)8-11/h2-5,7-8,12,21-24H,6,9H2,1H3,(H2,19,20,26)/t12-/m1/s1. The van der Waals surface area contributed by atoms with Crippen LogP contribution in [0.3, 0.4) is 0 Å². The van der Waals surface area contributed by atoms with Crippen molar-refractivity contribution >= 4 is 12.0 Å². The molecule has 0 heterocycles. The molecule has 0 spiro atoms. The first-order chi connectivity index (χ1) is 12.8. The summed E-state index contributed by atoms with van der Waals surface area (Å²) in [6.45, 7) is 0.0492. The summed E-state index contributed by atoms with van der Waals surface area (Å²) < 4.78 is 4.68. The quantitative estimate of drug-likeness (QED) is 0.326. The number of esters is 1. The van der Waals surface area contributed by atoms with Crippen molar-refractivity contribution in [1.82, 2.24) is 10.6 Å². The number of phenols is 4. The van der Waals surface area contributed by atoms with E-state index in [4.69, 9.17) is 0 Å². The molecule has 0 aliphatic heterocycles. The van der Waals surface area contributed by atoms with E-state index in [1.54, 1.807) is 0 Å². The van der Waals surface area contributed by atoms with Crippen molar-refractivity contribution in [3.63, 3.8) is 0 Å². The zero-order valence-corrected chi connectivity index (χ0v) is 14.5. The number of carbonyl (C=O) groups excluding carboxylic acids is 2. The molecule has 1 atom stereocenters. The lowest BCUT2D eigenvalue weighted by Gasteiger charge is -2.17. The Hall–Kier alpha value is -3.62. The molecule has 0 saturated heterocycles. The van der Waals surface area contributed by atoms with Gasteiger partial charge in [0.1, 0.15) is 6.04 Å². The Bertz CT molecular complexity index is 838. The van der Waals surface area contributed by atoms with Crippen LogP contribution in [0.2, 0.25) is 0 Å². The van der Waals surface area contributed by atoms with Crippen LogP contribution in [0.15, 0.2) is 36.4 Å². The average Bonchev–Trinajstić information content (AvgIpc) is 2.64. The van der Waals surface area contributed by atoms with E-state index in [2.05, 4.69) is 15.4 Å². The van der Waals surface area contributed by atoms with Crippen LogP contribution in [0.25, 0.3) is 0 Å². The van der Waals surface area contributed by atoms with Gasteiger partial charge in [-0.1, -0.05) is 12.1 Å². The van der Waals surface area contributed by atoms with Gasteiger partial charge >= 0.3 is 12.0 Å². The van der Waals surface area contributed by atoms with Gasteiger partial charge in [-0.15, -0.1) is 0 Å². The number of urea groups is 1. The van der Waals surface area contributed by atoms with E-state index < -0.39 is 18.0 Å². The third-order valence-electron chi connectivity index (χ3n) is 3.76. The molecule has 0 aliphatic carbocycles. The average molecular weight is 376 g/mol. The first kappa shape index (κ1) is 19.7. The van der Waals surface area contributed by atoms with Gasteiger partial charge in [0, 0.05) is 13.0 Å². The minimum atomic E-state index is -1.02. The Labute approximate surface area is 154 Å². The molecule has 2 aromatic carbocycles. The SMILES string of the molecule is COC(=O)[C@@H](Cc1ccc(O)c(O)c1)NC(=O)NCc1ccc(O)c(O)c1. The predicted octanol–water partition coefficient (Wildman–Crippen LogP) is 1.09. The molecular weight excluding hydrogens is 356 g/mol. The number of nitrogens with one attached hydrogen (secondary N) is 2. The first-order valence-electron chi connectivity index (χ1n) is 7.94. The van der Waals surface area contributed by atoms with Crippen molar-refractivity contribution in [2.75, 3.05) is 7.11 Å². The van der Waals surface area contributed by atoms with Gasteiger partial charge in [-0.3, -0.25) is 0 Å². The van der Waals surface area contributed by atoms with Gasteiger partial charge in [-0.2, -0.15) is 0 Å². The van der Waals surface area contributed by atoms with E-state index >= 15 is 0 Å². The van der Waals surface area contributed by atoms with Gasteiger partial charge in [0.15, 0.2) is 23.0 Å². The Morgan fingerprint density at radius 3 is 2.04 bits per heavy atom. The van der Waals surface area contributed by atoms with Gasteiger partial charge in [0.05, 0.1) is 7.11 Å². The number of aromatic hydroxyl groups is 4. The number of ether oxygens (including phenoxy) is 1. The van der Waals surface area contributed by atoms with Crippen LogP contribution in [-0.4, -0.2) is 45.6 Å². The Morgan fingerprint density at radius 2 is 1.48 bits per heavy atom. The maximum atomic E-state index is 12.1. The van der Waals surface area contributed by atoms with Crippen LogP contribution in [0, 0.1) is 0 Å². The number of carbonyl (C=O) groups is 2. The Balaban J connectivity index is 1.99. The molecule has 0 fully saturated rings. The largest absolute Gasteiger partial charge is 0.504 e.